The van der Waals surface area contributed by atoms with Gasteiger partial charge in [-0.05, 0) is 37.1 Å². The van der Waals surface area contributed by atoms with E-state index in [1.54, 1.807) is 18.2 Å². The molecule has 2 N–H and O–H groups in total. The Hall–Kier alpha value is -1.68. The molecule has 20 heavy (non-hydrogen) atoms. The van der Waals surface area contributed by atoms with Crippen LogP contribution in [0.4, 0.5) is 5.69 Å². The number of ether oxygens (including phenoxy) is 1. The zero-order valence-corrected chi connectivity index (χ0v) is 12.6. The Morgan fingerprint density at radius 1 is 1.30 bits per heavy atom. The van der Waals surface area contributed by atoms with Crippen molar-refractivity contribution in [1.82, 2.24) is 9.78 Å². The summed E-state index contributed by atoms with van der Waals surface area (Å²) in [5, 5.41) is 5.06. The lowest BCUT2D eigenvalue weighted by atomic mass is 10.2. The Labute approximate surface area is 124 Å². The number of nitrogen functional groups attached to an aromatic ring is 1. The van der Waals surface area contributed by atoms with Gasteiger partial charge in [0.1, 0.15) is 12.4 Å². The summed E-state index contributed by atoms with van der Waals surface area (Å²) in [6.45, 7) is 4.73. The lowest BCUT2D eigenvalue weighted by Crippen LogP contribution is -2.08. The minimum atomic E-state index is 0.400. The largest absolute Gasteiger partial charge is 0.486 e. The molecular formula is C15H20ClN3O. The molecule has 0 spiro atoms. The number of hydrogen-bond donors (Lipinski definition) is 1. The molecule has 4 nitrogen and oxygen atoms in total. The number of halogens is 1. The molecular weight excluding hydrogens is 274 g/mol. The van der Waals surface area contributed by atoms with Crippen molar-refractivity contribution >= 4 is 17.3 Å². The third-order valence-corrected chi connectivity index (χ3v) is 3.61. The highest BCUT2D eigenvalue weighted by molar-refractivity contribution is 6.32. The minimum Gasteiger partial charge on any atom is -0.486 e. The molecule has 0 aliphatic rings. The van der Waals surface area contributed by atoms with Crippen molar-refractivity contribution in [3.05, 3.63) is 41.2 Å². The van der Waals surface area contributed by atoms with E-state index in [-0.39, 0.29) is 0 Å². The van der Waals surface area contributed by atoms with E-state index >= 15 is 0 Å². The number of nitrogens with zero attached hydrogens (tertiary/aromatic N) is 2. The molecule has 0 aliphatic carbocycles. The molecule has 0 amide bonds. The van der Waals surface area contributed by atoms with E-state index in [0.29, 0.717) is 29.1 Å². The topological polar surface area (TPSA) is 53.1 Å². The van der Waals surface area contributed by atoms with Gasteiger partial charge in [0.25, 0.3) is 0 Å². The van der Waals surface area contributed by atoms with Crippen LogP contribution in [0.1, 0.15) is 38.4 Å². The van der Waals surface area contributed by atoms with Crippen molar-refractivity contribution in [3.8, 4) is 5.75 Å². The molecule has 0 saturated carbocycles. The summed E-state index contributed by atoms with van der Waals surface area (Å²) in [5.74, 6) is 0.623. The highest BCUT2D eigenvalue weighted by atomic mass is 35.5. The second-order valence-corrected chi connectivity index (χ2v) is 5.14. The Kier molecular flexibility index (Phi) is 4.90. The van der Waals surface area contributed by atoms with Gasteiger partial charge in [0.05, 0.1) is 16.8 Å². The SMILES string of the molecule is CCC(CC)n1ccc(COc2ccc(N)cc2Cl)n1. The molecule has 1 heterocycles. The van der Waals surface area contributed by atoms with Crippen LogP contribution in [0.25, 0.3) is 0 Å². The molecule has 0 unspecified atom stereocenters. The molecule has 0 atom stereocenters. The average molecular weight is 294 g/mol. The summed E-state index contributed by atoms with van der Waals surface area (Å²) >= 11 is 6.07. The Morgan fingerprint density at radius 3 is 2.70 bits per heavy atom. The quantitative estimate of drug-likeness (QED) is 0.817. The van der Waals surface area contributed by atoms with Crippen molar-refractivity contribution in [3.63, 3.8) is 0 Å². The maximum Gasteiger partial charge on any atom is 0.138 e. The fourth-order valence-corrected chi connectivity index (χ4v) is 2.35. The highest BCUT2D eigenvalue weighted by Crippen LogP contribution is 2.27. The standard InChI is InChI=1S/C15H20ClN3O/c1-3-13(4-2)19-8-7-12(18-19)10-20-15-6-5-11(17)9-14(15)16/h5-9,13H,3-4,10,17H2,1-2H3. The maximum atomic E-state index is 6.07. The van der Waals surface area contributed by atoms with E-state index in [2.05, 4.69) is 18.9 Å². The number of rotatable bonds is 6. The van der Waals surface area contributed by atoms with Crippen LogP contribution < -0.4 is 10.5 Å². The number of hydrogen-bond acceptors (Lipinski definition) is 3. The van der Waals surface area contributed by atoms with Gasteiger partial charge in [-0.3, -0.25) is 4.68 Å². The van der Waals surface area contributed by atoms with E-state index in [1.165, 1.54) is 0 Å². The summed E-state index contributed by atoms with van der Waals surface area (Å²) in [6, 6.07) is 7.65. The summed E-state index contributed by atoms with van der Waals surface area (Å²) in [5.41, 5.74) is 7.16. The fourth-order valence-electron chi connectivity index (χ4n) is 2.11. The van der Waals surface area contributed by atoms with Gasteiger partial charge in [0.15, 0.2) is 0 Å². The molecule has 5 heteroatoms. The smallest absolute Gasteiger partial charge is 0.138 e. The van der Waals surface area contributed by atoms with Crippen LogP contribution in [0.5, 0.6) is 5.75 Å². The zero-order chi connectivity index (χ0) is 14.5. The highest BCUT2D eigenvalue weighted by Gasteiger charge is 2.09. The van der Waals surface area contributed by atoms with Gasteiger partial charge in [0.2, 0.25) is 0 Å². The van der Waals surface area contributed by atoms with Crippen molar-refractivity contribution in [1.29, 1.82) is 0 Å². The van der Waals surface area contributed by atoms with Gasteiger partial charge < -0.3 is 10.5 Å². The molecule has 0 fully saturated rings. The lowest BCUT2D eigenvalue weighted by Gasteiger charge is -2.12. The van der Waals surface area contributed by atoms with Crippen LogP contribution >= 0.6 is 11.6 Å². The summed E-state index contributed by atoms with van der Waals surface area (Å²) < 4.78 is 7.68. The van der Waals surface area contributed by atoms with E-state index in [9.17, 15) is 0 Å². The first-order valence-corrected chi connectivity index (χ1v) is 7.23. The number of anilines is 1. The first-order valence-electron chi connectivity index (χ1n) is 6.85. The Morgan fingerprint density at radius 2 is 2.05 bits per heavy atom. The van der Waals surface area contributed by atoms with Gasteiger partial charge in [-0.1, -0.05) is 25.4 Å². The first-order chi connectivity index (χ1) is 9.63. The number of aromatic nitrogens is 2. The molecule has 1 aromatic carbocycles. The predicted molar refractivity (Wildman–Crippen MR) is 82.0 cm³/mol. The molecule has 1 aromatic heterocycles. The van der Waals surface area contributed by atoms with Crippen LogP contribution in [-0.2, 0) is 6.61 Å². The van der Waals surface area contributed by atoms with Crippen LogP contribution in [0.2, 0.25) is 5.02 Å². The second-order valence-electron chi connectivity index (χ2n) is 4.74. The summed E-state index contributed by atoms with van der Waals surface area (Å²) in [4.78, 5) is 0. The first kappa shape index (κ1) is 14.7. The molecule has 2 rings (SSSR count). The summed E-state index contributed by atoms with van der Waals surface area (Å²) in [7, 11) is 0. The minimum absolute atomic E-state index is 0.400. The molecule has 0 aliphatic heterocycles. The van der Waals surface area contributed by atoms with E-state index in [1.807, 2.05) is 16.9 Å². The van der Waals surface area contributed by atoms with Crippen LogP contribution in [0.3, 0.4) is 0 Å². The Balaban J connectivity index is 2.00. The third-order valence-electron chi connectivity index (χ3n) is 3.31. The van der Waals surface area contributed by atoms with Gasteiger partial charge >= 0.3 is 0 Å². The van der Waals surface area contributed by atoms with Crippen LogP contribution in [-0.4, -0.2) is 9.78 Å². The third kappa shape index (κ3) is 3.45. The van der Waals surface area contributed by atoms with Crippen molar-refractivity contribution in [2.24, 2.45) is 0 Å². The molecule has 0 radical (unpaired) electrons. The predicted octanol–water partition coefficient (Wildman–Crippen LogP) is 4.06. The second kappa shape index (κ2) is 6.66. The Bertz CT molecular complexity index is 564. The van der Waals surface area contributed by atoms with Gasteiger partial charge in [-0.15, -0.1) is 0 Å². The fraction of sp³-hybridized carbons (Fsp3) is 0.400. The van der Waals surface area contributed by atoms with Gasteiger partial charge in [-0.2, -0.15) is 5.10 Å². The van der Waals surface area contributed by atoms with Gasteiger partial charge in [0, 0.05) is 11.9 Å². The summed E-state index contributed by atoms with van der Waals surface area (Å²) in [6.07, 6.45) is 4.14. The lowest BCUT2D eigenvalue weighted by molar-refractivity contribution is 0.297. The number of benzene rings is 1. The molecule has 0 saturated heterocycles. The monoisotopic (exact) mass is 293 g/mol. The van der Waals surface area contributed by atoms with Gasteiger partial charge in [-0.25, -0.2) is 0 Å². The molecule has 2 aromatic rings. The van der Waals surface area contributed by atoms with Crippen molar-refractivity contribution in [2.45, 2.75) is 39.3 Å². The van der Waals surface area contributed by atoms with E-state index < -0.39 is 0 Å². The average Bonchev–Trinajstić information content (AvgIpc) is 2.88. The van der Waals surface area contributed by atoms with E-state index in [0.717, 1.165) is 18.5 Å². The normalized spacial score (nSPS) is 11.0. The zero-order valence-electron chi connectivity index (χ0n) is 11.8. The molecule has 0 bridgehead atoms. The molecule has 108 valence electrons. The van der Waals surface area contributed by atoms with Crippen LogP contribution in [0, 0.1) is 0 Å². The maximum absolute atomic E-state index is 6.07. The van der Waals surface area contributed by atoms with E-state index in [4.69, 9.17) is 22.1 Å². The van der Waals surface area contributed by atoms with Crippen molar-refractivity contribution in [2.75, 3.05) is 5.73 Å². The van der Waals surface area contributed by atoms with Crippen LogP contribution in [0.15, 0.2) is 30.5 Å². The number of nitrogens with two attached hydrogens (primary N) is 1. The van der Waals surface area contributed by atoms with Crippen molar-refractivity contribution < 1.29 is 4.74 Å².